The van der Waals surface area contributed by atoms with Crippen molar-refractivity contribution < 1.29 is 4.74 Å². The number of nitrogens with two attached hydrogens (primary N) is 1. The molecule has 0 radical (unpaired) electrons. The molecule has 0 fully saturated rings. The van der Waals surface area contributed by atoms with Crippen molar-refractivity contribution >= 4 is 5.69 Å². The number of hydrogen-bond acceptors (Lipinski definition) is 2. The molecule has 0 aliphatic rings. The van der Waals surface area contributed by atoms with Crippen molar-refractivity contribution in [3.8, 4) is 0 Å². The molecular weight excluding hydrogens is 138 g/mol. The van der Waals surface area contributed by atoms with Gasteiger partial charge in [0.05, 0.1) is 6.10 Å². The molecule has 11 heavy (non-hydrogen) atoms. The largest absolute Gasteiger partial charge is 0.398 e. The summed E-state index contributed by atoms with van der Waals surface area (Å²) in [6.45, 7) is 1.98. The molecule has 60 valence electrons. The van der Waals surface area contributed by atoms with E-state index in [0.717, 1.165) is 11.3 Å². The fourth-order valence-corrected chi connectivity index (χ4v) is 1.01. The summed E-state index contributed by atoms with van der Waals surface area (Å²) in [6.07, 6.45) is 0.0798. The first-order valence-electron chi connectivity index (χ1n) is 3.63. The number of nitrogen functional groups attached to an aromatic ring is 1. The van der Waals surface area contributed by atoms with Gasteiger partial charge in [-0.3, -0.25) is 0 Å². The van der Waals surface area contributed by atoms with E-state index in [0.29, 0.717) is 0 Å². The van der Waals surface area contributed by atoms with Gasteiger partial charge < -0.3 is 10.5 Å². The number of para-hydroxylation sites is 1. The van der Waals surface area contributed by atoms with Crippen LogP contribution < -0.4 is 5.73 Å². The second kappa shape index (κ2) is 3.39. The molecule has 0 amide bonds. The summed E-state index contributed by atoms with van der Waals surface area (Å²) in [4.78, 5) is 0. The van der Waals surface area contributed by atoms with Crippen LogP contribution in [0.1, 0.15) is 18.6 Å². The van der Waals surface area contributed by atoms with Gasteiger partial charge in [0.2, 0.25) is 0 Å². The van der Waals surface area contributed by atoms with Crippen molar-refractivity contribution in [2.75, 3.05) is 12.8 Å². The summed E-state index contributed by atoms with van der Waals surface area (Å²) in [5, 5.41) is 0. The van der Waals surface area contributed by atoms with Crippen LogP contribution in [-0.2, 0) is 4.74 Å². The van der Waals surface area contributed by atoms with Gasteiger partial charge >= 0.3 is 0 Å². The van der Waals surface area contributed by atoms with E-state index in [9.17, 15) is 0 Å². The minimum absolute atomic E-state index is 0.0798. The van der Waals surface area contributed by atoms with Crippen molar-refractivity contribution in [3.05, 3.63) is 29.8 Å². The van der Waals surface area contributed by atoms with Gasteiger partial charge in [0.1, 0.15) is 0 Å². The number of hydrogen-bond donors (Lipinski definition) is 1. The van der Waals surface area contributed by atoms with E-state index < -0.39 is 0 Å². The smallest absolute Gasteiger partial charge is 0.0812 e. The van der Waals surface area contributed by atoms with E-state index >= 15 is 0 Å². The lowest BCUT2D eigenvalue weighted by Crippen LogP contribution is -2.00. The van der Waals surface area contributed by atoms with E-state index in [-0.39, 0.29) is 6.10 Å². The third-order valence-corrected chi connectivity index (χ3v) is 1.79. The van der Waals surface area contributed by atoms with Crippen LogP contribution >= 0.6 is 0 Å². The molecule has 2 N–H and O–H groups in total. The van der Waals surface area contributed by atoms with Crippen LogP contribution in [0.15, 0.2) is 24.3 Å². The number of anilines is 1. The molecule has 0 unspecified atom stereocenters. The molecule has 1 aromatic carbocycles. The fourth-order valence-electron chi connectivity index (χ4n) is 1.01. The van der Waals surface area contributed by atoms with Crippen LogP contribution in [0.4, 0.5) is 5.69 Å². The van der Waals surface area contributed by atoms with Crippen LogP contribution in [0.2, 0.25) is 0 Å². The molecule has 0 saturated carbocycles. The summed E-state index contributed by atoms with van der Waals surface area (Å²) in [6, 6.07) is 7.73. The van der Waals surface area contributed by atoms with Gasteiger partial charge in [-0.1, -0.05) is 18.2 Å². The maximum absolute atomic E-state index is 5.72. The van der Waals surface area contributed by atoms with Gasteiger partial charge in [0.25, 0.3) is 0 Å². The fraction of sp³-hybridized carbons (Fsp3) is 0.333. The molecule has 2 nitrogen and oxygen atoms in total. The second-order valence-corrected chi connectivity index (χ2v) is 2.51. The van der Waals surface area contributed by atoms with E-state index in [4.69, 9.17) is 10.5 Å². The topological polar surface area (TPSA) is 35.2 Å². The number of benzene rings is 1. The van der Waals surface area contributed by atoms with Crippen molar-refractivity contribution in [2.24, 2.45) is 0 Å². The normalized spacial score (nSPS) is 12.9. The second-order valence-electron chi connectivity index (χ2n) is 2.51. The molecule has 0 bridgehead atoms. The Morgan fingerprint density at radius 2 is 2.00 bits per heavy atom. The van der Waals surface area contributed by atoms with Crippen LogP contribution in [0, 0.1) is 0 Å². The van der Waals surface area contributed by atoms with Gasteiger partial charge in [-0.15, -0.1) is 0 Å². The van der Waals surface area contributed by atoms with Gasteiger partial charge in [-0.2, -0.15) is 0 Å². The van der Waals surface area contributed by atoms with Crippen LogP contribution in [0.3, 0.4) is 0 Å². The molecule has 0 aromatic heterocycles. The van der Waals surface area contributed by atoms with Gasteiger partial charge in [0.15, 0.2) is 0 Å². The third-order valence-electron chi connectivity index (χ3n) is 1.79. The van der Waals surface area contributed by atoms with E-state index in [1.54, 1.807) is 7.11 Å². The Labute approximate surface area is 67.0 Å². The van der Waals surface area contributed by atoms with Gasteiger partial charge in [-0.25, -0.2) is 0 Å². The molecule has 1 aromatic rings. The molecule has 0 saturated heterocycles. The standard InChI is InChI=1S/C9H13NO/c1-7(11-2)8-5-3-4-6-9(8)10/h3-7H,10H2,1-2H3/t7-/m0/s1. The molecule has 0 heterocycles. The highest BCUT2D eigenvalue weighted by Gasteiger charge is 2.05. The van der Waals surface area contributed by atoms with E-state index in [1.165, 1.54) is 0 Å². The quantitative estimate of drug-likeness (QED) is 0.656. The van der Waals surface area contributed by atoms with Crippen LogP contribution in [0.5, 0.6) is 0 Å². The molecule has 1 rings (SSSR count). The molecule has 0 aliphatic heterocycles. The van der Waals surface area contributed by atoms with Gasteiger partial charge in [0, 0.05) is 18.4 Å². The summed E-state index contributed by atoms with van der Waals surface area (Å²) in [7, 11) is 1.68. The number of ether oxygens (including phenoxy) is 1. The summed E-state index contributed by atoms with van der Waals surface area (Å²) in [5.74, 6) is 0. The lowest BCUT2D eigenvalue weighted by Gasteiger charge is -2.11. The highest BCUT2D eigenvalue weighted by Crippen LogP contribution is 2.21. The van der Waals surface area contributed by atoms with E-state index in [1.807, 2.05) is 31.2 Å². The zero-order valence-electron chi connectivity index (χ0n) is 6.87. The zero-order valence-corrected chi connectivity index (χ0v) is 6.87. The zero-order chi connectivity index (χ0) is 8.27. The summed E-state index contributed by atoms with van der Waals surface area (Å²) >= 11 is 0. The third kappa shape index (κ3) is 1.71. The minimum Gasteiger partial charge on any atom is -0.398 e. The van der Waals surface area contributed by atoms with E-state index in [2.05, 4.69) is 0 Å². The van der Waals surface area contributed by atoms with Crippen molar-refractivity contribution in [3.63, 3.8) is 0 Å². The Bertz CT molecular complexity index is 235. The Morgan fingerprint density at radius 1 is 1.36 bits per heavy atom. The summed E-state index contributed by atoms with van der Waals surface area (Å²) in [5.41, 5.74) is 7.56. The molecule has 0 spiro atoms. The van der Waals surface area contributed by atoms with Gasteiger partial charge in [-0.05, 0) is 13.0 Å². The van der Waals surface area contributed by atoms with Crippen molar-refractivity contribution in [1.82, 2.24) is 0 Å². The Hall–Kier alpha value is -1.02. The predicted molar refractivity (Wildman–Crippen MR) is 46.3 cm³/mol. The SMILES string of the molecule is CO[C@@H](C)c1ccccc1N. The molecular formula is C9H13NO. The highest BCUT2D eigenvalue weighted by molar-refractivity contribution is 5.47. The Morgan fingerprint density at radius 3 is 2.55 bits per heavy atom. The first-order chi connectivity index (χ1) is 5.25. The molecule has 0 aliphatic carbocycles. The van der Waals surface area contributed by atoms with Crippen molar-refractivity contribution in [2.45, 2.75) is 13.0 Å². The minimum atomic E-state index is 0.0798. The monoisotopic (exact) mass is 151 g/mol. The maximum Gasteiger partial charge on any atom is 0.0812 e. The van der Waals surface area contributed by atoms with Crippen LogP contribution in [0.25, 0.3) is 0 Å². The van der Waals surface area contributed by atoms with Crippen LogP contribution in [-0.4, -0.2) is 7.11 Å². The van der Waals surface area contributed by atoms with Crippen molar-refractivity contribution in [1.29, 1.82) is 0 Å². The first-order valence-corrected chi connectivity index (χ1v) is 3.63. The number of rotatable bonds is 2. The predicted octanol–water partition coefficient (Wildman–Crippen LogP) is 1.98. The average Bonchev–Trinajstić information content (AvgIpc) is 2.04. The summed E-state index contributed by atoms with van der Waals surface area (Å²) < 4.78 is 5.14. The highest BCUT2D eigenvalue weighted by atomic mass is 16.5. The Balaban J connectivity index is 2.93. The maximum atomic E-state index is 5.72. The lowest BCUT2D eigenvalue weighted by molar-refractivity contribution is 0.120. The Kier molecular flexibility index (Phi) is 2.49. The number of methoxy groups -OCH3 is 1. The first kappa shape index (κ1) is 8.08. The molecule has 1 atom stereocenters. The lowest BCUT2D eigenvalue weighted by atomic mass is 10.1. The molecule has 2 heteroatoms. The average molecular weight is 151 g/mol.